The molecule has 1 fully saturated rings. The summed E-state index contributed by atoms with van der Waals surface area (Å²) < 4.78 is 5.65. The van der Waals surface area contributed by atoms with Crippen LogP contribution in [-0.2, 0) is 4.74 Å². The first kappa shape index (κ1) is 22.6. The van der Waals surface area contributed by atoms with Crippen LogP contribution in [0, 0.1) is 28.6 Å². The standard InChI is InChI=1S/C27H35N3O2/c1-19-8-6-7-9-20(19)16-27(12-13-29-18-27)21-10-11-26(5)22(14-21)15-23(17-28)30(26)24(31)32-25(2,3)4/h6-10,14-15,19-20,29H,11-13,16,18H2,1-5H3. The zero-order valence-electron chi connectivity index (χ0n) is 19.9. The number of nitrogens with zero attached hydrogens (tertiary/aromatic N) is 2. The van der Waals surface area contributed by atoms with Crippen molar-refractivity contribution in [3.63, 3.8) is 0 Å². The molecule has 170 valence electrons. The zero-order valence-corrected chi connectivity index (χ0v) is 19.9. The fourth-order valence-corrected chi connectivity index (χ4v) is 5.51. The highest BCUT2D eigenvalue weighted by atomic mass is 16.6. The van der Waals surface area contributed by atoms with Crippen LogP contribution in [0.15, 0.2) is 59.4 Å². The lowest BCUT2D eigenvalue weighted by Gasteiger charge is -2.42. The van der Waals surface area contributed by atoms with Gasteiger partial charge in [-0.15, -0.1) is 0 Å². The number of carbonyl (C=O) groups excluding carboxylic acids is 1. The van der Waals surface area contributed by atoms with Gasteiger partial charge in [-0.2, -0.15) is 5.26 Å². The largest absolute Gasteiger partial charge is 0.443 e. The molecule has 32 heavy (non-hydrogen) atoms. The molecule has 1 N–H and O–H groups in total. The first-order valence-corrected chi connectivity index (χ1v) is 11.7. The average Bonchev–Trinajstić information content (AvgIpc) is 3.30. The van der Waals surface area contributed by atoms with Gasteiger partial charge in [0.2, 0.25) is 0 Å². The Bertz CT molecular complexity index is 979. The van der Waals surface area contributed by atoms with Gasteiger partial charge in [0.15, 0.2) is 0 Å². The van der Waals surface area contributed by atoms with Crippen LogP contribution in [-0.4, -0.2) is 35.2 Å². The number of nitrogens with one attached hydrogen (secondary N) is 1. The second-order valence-electron chi connectivity index (χ2n) is 10.9. The predicted molar refractivity (Wildman–Crippen MR) is 126 cm³/mol. The predicted octanol–water partition coefficient (Wildman–Crippen LogP) is 5.41. The van der Waals surface area contributed by atoms with Crippen LogP contribution in [0.5, 0.6) is 0 Å². The summed E-state index contributed by atoms with van der Waals surface area (Å²) in [6.07, 6.45) is 17.8. The lowest BCUT2D eigenvalue weighted by molar-refractivity contribution is 0.0201. The molecule has 2 aliphatic heterocycles. The number of hydrogen-bond donors (Lipinski definition) is 1. The van der Waals surface area contributed by atoms with E-state index in [-0.39, 0.29) is 5.41 Å². The summed E-state index contributed by atoms with van der Waals surface area (Å²) in [5, 5.41) is 13.4. The summed E-state index contributed by atoms with van der Waals surface area (Å²) in [6.45, 7) is 11.9. The molecule has 4 atom stereocenters. The Morgan fingerprint density at radius 1 is 1.28 bits per heavy atom. The molecule has 0 aromatic carbocycles. The molecular formula is C27H35N3O2. The minimum Gasteiger partial charge on any atom is -0.443 e. The van der Waals surface area contributed by atoms with Crippen molar-refractivity contribution in [2.75, 3.05) is 13.1 Å². The van der Waals surface area contributed by atoms with Gasteiger partial charge in [-0.1, -0.05) is 43.4 Å². The summed E-state index contributed by atoms with van der Waals surface area (Å²) in [7, 11) is 0. The van der Waals surface area contributed by atoms with Crippen LogP contribution < -0.4 is 5.32 Å². The Balaban J connectivity index is 1.64. The van der Waals surface area contributed by atoms with Gasteiger partial charge in [0, 0.05) is 12.0 Å². The van der Waals surface area contributed by atoms with E-state index < -0.39 is 17.2 Å². The highest BCUT2D eigenvalue weighted by molar-refractivity contribution is 5.77. The fourth-order valence-electron chi connectivity index (χ4n) is 5.51. The van der Waals surface area contributed by atoms with Crippen molar-refractivity contribution in [1.82, 2.24) is 10.2 Å². The molecule has 0 saturated carbocycles. The highest BCUT2D eigenvalue weighted by Gasteiger charge is 2.49. The maximum Gasteiger partial charge on any atom is 0.416 e. The van der Waals surface area contributed by atoms with Crippen LogP contribution in [0.4, 0.5) is 4.79 Å². The molecule has 0 aromatic rings. The van der Waals surface area contributed by atoms with Gasteiger partial charge in [-0.05, 0) is 82.6 Å². The van der Waals surface area contributed by atoms with Crippen LogP contribution in [0.2, 0.25) is 0 Å². The smallest absolute Gasteiger partial charge is 0.416 e. The number of allylic oxidation sites excluding steroid dienone is 6. The van der Waals surface area contributed by atoms with E-state index in [4.69, 9.17) is 4.74 Å². The van der Waals surface area contributed by atoms with Crippen molar-refractivity contribution in [3.8, 4) is 6.07 Å². The highest BCUT2D eigenvalue weighted by Crippen LogP contribution is 2.50. The molecule has 4 unspecified atom stereocenters. The number of fused-ring (bicyclic) bond motifs is 1. The van der Waals surface area contributed by atoms with Gasteiger partial charge in [-0.3, -0.25) is 4.90 Å². The molecule has 1 amide bonds. The van der Waals surface area contributed by atoms with E-state index in [0.29, 0.717) is 24.0 Å². The number of carbonyl (C=O) groups is 1. The lowest BCUT2D eigenvalue weighted by Crippen LogP contribution is -2.49. The molecule has 0 radical (unpaired) electrons. The summed E-state index contributed by atoms with van der Waals surface area (Å²) in [5.41, 5.74) is 1.58. The first-order valence-electron chi connectivity index (χ1n) is 11.7. The third kappa shape index (κ3) is 3.97. The van der Waals surface area contributed by atoms with Crippen LogP contribution in [0.1, 0.15) is 53.9 Å². The third-order valence-electron chi connectivity index (χ3n) is 7.41. The van der Waals surface area contributed by atoms with Crippen molar-refractivity contribution >= 4 is 6.09 Å². The van der Waals surface area contributed by atoms with Crippen molar-refractivity contribution in [3.05, 3.63) is 59.4 Å². The maximum atomic E-state index is 13.0. The minimum absolute atomic E-state index is 0.0722. The Labute approximate surface area is 192 Å². The van der Waals surface area contributed by atoms with E-state index in [1.807, 2.05) is 33.8 Å². The second-order valence-corrected chi connectivity index (χ2v) is 10.9. The van der Waals surface area contributed by atoms with Gasteiger partial charge >= 0.3 is 6.09 Å². The molecule has 0 spiro atoms. The molecule has 5 heteroatoms. The Morgan fingerprint density at radius 3 is 2.66 bits per heavy atom. The summed E-state index contributed by atoms with van der Waals surface area (Å²) >= 11 is 0. The van der Waals surface area contributed by atoms with E-state index in [0.717, 1.165) is 31.5 Å². The second kappa shape index (κ2) is 8.08. The molecular weight excluding hydrogens is 398 g/mol. The fraction of sp³-hybridized carbons (Fsp3) is 0.556. The monoisotopic (exact) mass is 433 g/mol. The maximum absolute atomic E-state index is 13.0. The summed E-state index contributed by atoms with van der Waals surface area (Å²) in [6, 6.07) is 2.22. The third-order valence-corrected chi connectivity index (χ3v) is 7.41. The van der Waals surface area contributed by atoms with E-state index in [2.05, 4.69) is 54.8 Å². The van der Waals surface area contributed by atoms with Crippen molar-refractivity contribution in [1.29, 1.82) is 5.26 Å². The van der Waals surface area contributed by atoms with E-state index in [9.17, 15) is 10.1 Å². The van der Waals surface area contributed by atoms with Gasteiger partial charge in [0.25, 0.3) is 0 Å². The Morgan fingerprint density at radius 2 is 2.03 bits per heavy atom. The number of rotatable bonds is 3. The molecule has 4 aliphatic rings. The quantitative estimate of drug-likeness (QED) is 0.646. The number of hydrogen-bond acceptors (Lipinski definition) is 4. The molecule has 2 heterocycles. The van der Waals surface area contributed by atoms with Crippen molar-refractivity contribution in [2.45, 2.75) is 65.0 Å². The SMILES string of the molecule is CC1C=CC=CC1CC1(C2=CCC3(C)C(=C2)C=C(C#N)N3C(=O)OC(C)(C)C)CCNC1. The lowest BCUT2D eigenvalue weighted by atomic mass is 9.66. The number of amides is 1. The van der Waals surface area contributed by atoms with Gasteiger partial charge < -0.3 is 10.1 Å². The van der Waals surface area contributed by atoms with Crippen LogP contribution in [0.25, 0.3) is 0 Å². The first-order chi connectivity index (χ1) is 15.1. The van der Waals surface area contributed by atoms with Crippen molar-refractivity contribution in [2.24, 2.45) is 17.3 Å². The Kier molecular flexibility index (Phi) is 5.71. The van der Waals surface area contributed by atoms with E-state index in [1.165, 1.54) is 5.57 Å². The molecule has 0 bridgehead atoms. The molecule has 4 rings (SSSR count). The molecule has 5 nitrogen and oxygen atoms in total. The number of nitriles is 1. The summed E-state index contributed by atoms with van der Waals surface area (Å²) in [5.74, 6) is 1.04. The molecule has 1 saturated heterocycles. The van der Waals surface area contributed by atoms with Crippen LogP contribution in [0.3, 0.4) is 0 Å². The average molecular weight is 434 g/mol. The minimum atomic E-state index is -0.617. The Hall–Kier alpha value is -2.58. The van der Waals surface area contributed by atoms with Gasteiger partial charge in [0.1, 0.15) is 17.4 Å². The van der Waals surface area contributed by atoms with E-state index >= 15 is 0 Å². The summed E-state index contributed by atoms with van der Waals surface area (Å²) in [4.78, 5) is 14.6. The van der Waals surface area contributed by atoms with Gasteiger partial charge in [-0.25, -0.2) is 4.79 Å². The van der Waals surface area contributed by atoms with Crippen LogP contribution >= 0.6 is 0 Å². The van der Waals surface area contributed by atoms with E-state index in [1.54, 1.807) is 4.90 Å². The van der Waals surface area contributed by atoms with Gasteiger partial charge in [0.05, 0.1) is 5.54 Å². The van der Waals surface area contributed by atoms with Crippen molar-refractivity contribution < 1.29 is 9.53 Å². The zero-order chi connectivity index (χ0) is 23.1. The molecule has 0 aromatic heterocycles. The topological polar surface area (TPSA) is 65.4 Å². The number of ether oxygens (including phenoxy) is 1. The normalized spacial score (nSPS) is 33.9. The molecule has 2 aliphatic carbocycles.